The molecule has 0 aromatic heterocycles. The van der Waals surface area contributed by atoms with Crippen LogP contribution in [0, 0.1) is 0 Å². The van der Waals surface area contributed by atoms with Gasteiger partial charge in [-0.15, -0.1) is 0 Å². The summed E-state index contributed by atoms with van der Waals surface area (Å²) in [5.41, 5.74) is 0. The molecule has 6 nitrogen and oxygen atoms in total. The second-order valence-electron chi connectivity index (χ2n) is 23.1. The molecule has 0 radical (unpaired) electrons. The summed E-state index contributed by atoms with van der Waals surface area (Å²) in [6.07, 6.45) is 82.0. The van der Waals surface area contributed by atoms with Gasteiger partial charge in [0.25, 0.3) is 0 Å². The van der Waals surface area contributed by atoms with Gasteiger partial charge >= 0.3 is 5.97 Å². The van der Waals surface area contributed by atoms with Gasteiger partial charge in [0.1, 0.15) is 0 Å². The van der Waals surface area contributed by atoms with E-state index in [1.807, 2.05) is 6.08 Å². The molecule has 0 fully saturated rings. The number of nitrogens with one attached hydrogen (secondary N) is 1. The van der Waals surface area contributed by atoms with E-state index in [0.29, 0.717) is 19.4 Å². The Balaban J connectivity index is 3.41. The van der Waals surface area contributed by atoms with Gasteiger partial charge in [0.15, 0.2) is 0 Å². The van der Waals surface area contributed by atoms with Gasteiger partial charge < -0.3 is 20.3 Å². The number of ether oxygens (including phenoxy) is 1. The first-order valence-electron chi connectivity index (χ1n) is 33.8. The Bertz CT molecular complexity index is 1210. The van der Waals surface area contributed by atoms with Gasteiger partial charge in [-0.3, -0.25) is 9.59 Å². The van der Waals surface area contributed by atoms with E-state index in [0.717, 1.165) is 44.9 Å². The summed E-state index contributed by atoms with van der Waals surface area (Å²) in [4.78, 5) is 24.6. The minimum Gasteiger partial charge on any atom is -0.466 e. The Morgan fingerprint density at radius 1 is 0.360 bits per heavy atom. The highest BCUT2D eigenvalue weighted by Crippen LogP contribution is 2.18. The van der Waals surface area contributed by atoms with Crippen LogP contribution in [0.4, 0.5) is 0 Å². The van der Waals surface area contributed by atoms with Crippen LogP contribution in [0.25, 0.3) is 0 Å². The van der Waals surface area contributed by atoms with Crippen molar-refractivity contribution in [1.29, 1.82) is 0 Å². The normalized spacial score (nSPS) is 12.7. The zero-order valence-corrected chi connectivity index (χ0v) is 50.5. The molecule has 0 saturated heterocycles. The highest BCUT2D eigenvalue weighted by molar-refractivity contribution is 5.76. The van der Waals surface area contributed by atoms with E-state index in [2.05, 4.69) is 43.5 Å². The van der Waals surface area contributed by atoms with Crippen molar-refractivity contribution in [1.82, 2.24) is 5.32 Å². The van der Waals surface area contributed by atoms with E-state index >= 15 is 0 Å². The molecule has 0 bridgehead atoms. The molecule has 0 aliphatic carbocycles. The van der Waals surface area contributed by atoms with Gasteiger partial charge in [-0.25, -0.2) is 0 Å². The lowest BCUT2D eigenvalue weighted by Gasteiger charge is -2.20. The minimum atomic E-state index is -0.847. The largest absolute Gasteiger partial charge is 0.466 e. The first-order chi connectivity index (χ1) is 37.0. The Morgan fingerprint density at radius 3 is 0.947 bits per heavy atom. The standard InChI is InChI=1S/C69H131NO5/c1-3-5-7-9-11-13-15-17-19-30-35-39-43-47-51-55-59-63-69(74)75-64-60-56-52-48-44-40-36-32-29-27-25-23-21-22-24-26-28-31-34-38-42-46-50-54-58-62-68(73)70-66(65-71)67(72)61-57-53-49-45-41-37-33-20-18-16-14-12-10-8-6-4-2/h17,19,22,24,57,61,66-67,71-72H,3-16,18,20-21,23,25-56,58-60,62-65H2,1-2H3,(H,70,73)/b19-17-,24-22-,61-57+. The lowest BCUT2D eigenvalue weighted by molar-refractivity contribution is -0.143. The Hall–Kier alpha value is -1.92. The molecule has 2 unspecified atom stereocenters. The van der Waals surface area contributed by atoms with Crippen molar-refractivity contribution in [2.24, 2.45) is 0 Å². The number of amides is 1. The molecule has 2 atom stereocenters. The predicted octanol–water partition coefficient (Wildman–Crippen LogP) is 21.5. The number of allylic oxidation sites excluding steroid dienone is 5. The van der Waals surface area contributed by atoms with Crippen LogP contribution in [0.1, 0.15) is 367 Å². The van der Waals surface area contributed by atoms with Crippen molar-refractivity contribution in [2.75, 3.05) is 13.2 Å². The zero-order valence-electron chi connectivity index (χ0n) is 50.5. The highest BCUT2D eigenvalue weighted by atomic mass is 16.5. The Labute approximate surface area is 468 Å². The quantitative estimate of drug-likeness (QED) is 0.0320. The molecule has 0 aromatic rings. The average Bonchev–Trinajstić information content (AvgIpc) is 3.41. The summed E-state index contributed by atoms with van der Waals surface area (Å²) in [6.45, 7) is 4.92. The number of hydrogen-bond donors (Lipinski definition) is 3. The second kappa shape index (κ2) is 64.6. The van der Waals surface area contributed by atoms with Crippen LogP contribution in [0.2, 0.25) is 0 Å². The maximum atomic E-state index is 12.5. The molecule has 3 N–H and O–H groups in total. The van der Waals surface area contributed by atoms with E-state index in [-0.39, 0.29) is 18.5 Å². The lowest BCUT2D eigenvalue weighted by atomic mass is 10.0. The number of carbonyl (C=O) groups excluding carboxylic acids is 2. The van der Waals surface area contributed by atoms with Crippen LogP contribution in [-0.4, -0.2) is 47.4 Å². The van der Waals surface area contributed by atoms with E-state index in [4.69, 9.17) is 4.74 Å². The topological polar surface area (TPSA) is 95.9 Å². The highest BCUT2D eigenvalue weighted by Gasteiger charge is 2.18. The molecule has 0 spiro atoms. The smallest absolute Gasteiger partial charge is 0.305 e. The van der Waals surface area contributed by atoms with E-state index in [1.54, 1.807) is 6.08 Å². The van der Waals surface area contributed by atoms with Gasteiger partial charge in [-0.2, -0.15) is 0 Å². The van der Waals surface area contributed by atoms with Crippen LogP contribution in [-0.2, 0) is 14.3 Å². The van der Waals surface area contributed by atoms with Gasteiger partial charge in [-0.05, 0) is 83.5 Å². The Morgan fingerprint density at radius 2 is 0.627 bits per heavy atom. The third-order valence-corrected chi connectivity index (χ3v) is 15.6. The van der Waals surface area contributed by atoms with Gasteiger partial charge in [0, 0.05) is 12.8 Å². The second-order valence-corrected chi connectivity index (χ2v) is 23.1. The van der Waals surface area contributed by atoms with Crippen molar-refractivity contribution in [3.63, 3.8) is 0 Å². The van der Waals surface area contributed by atoms with E-state index < -0.39 is 12.1 Å². The van der Waals surface area contributed by atoms with Crippen LogP contribution < -0.4 is 5.32 Å². The lowest BCUT2D eigenvalue weighted by Crippen LogP contribution is -2.45. The first kappa shape index (κ1) is 73.1. The fraction of sp³-hybridized carbons (Fsp3) is 0.884. The number of aliphatic hydroxyl groups is 2. The van der Waals surface area contributed by atoms with E-state index in [1.165, 1.54) is 295 Å². The van der Waals surface area contributed by atoms with Crippen molar-refractivity contribution in [2.45, 2.75) is 379 Å². The molecular weight excluding hydrogens is 923 g/mol. The summed E-state index contributed by atoms with van der Waals surface area (Å²) in [7, 11) is 0. The minimum absolute atomic E-state index is 0.00998. The molecule has 6 heteroatoms. The van der Waals surface area contributed by atoms with Gasteiger partial charge in [-0.1, -0.05) is 307 Å². The molecular formula is C69H131NO5. The van der Waals surface area contributed by atoms with Crippen LogP contribution >= 0.6 is 0 Å². The molecule has 0 rings (SSSR count). The maximum absolute atomic E-state index is 12.5. The number of hydrogen-bond acceptors (Lipinski definition) is 5. The number of unbranched alkanes of at least 4 members (excludes halogenated alkanes) is 48. The summed E-state index contributed by atoms with van der Waals surface area (Å²) < 4.78 is 5.50. The first-order valence-corrected chi connectivity index (χ1v) is 33.8. The molecule has 75 heavy (non-hydrogen) atoms. The predicted molar refractivity (Wildman–Crippen MR) is 329 cm³/mol. The number of aliphatic hydroxyl groups excluding tert-OH is 2. The van der Waals surface area contributed by atoms with Crippen LogP contribution in [0.15, 0.2) is 36.5 Å². The Kier molecular flexibility index (Phi) is 63.0. The fourth-order valence-electron chi connectivity index (χ4n) is 10.4. The molecule has 0 heterocycles. The van der Waals surface area contributed by atoms with Gasteiger partial charge in [0.05, 0.1) is 25.4 Å². The SMILES string of the molecule is CCCCCCCC/C=C\CCCCCCCCCC(=O)OCCCCCCCCCCCCCC/C=C\CCCCCCCCCCCC(=O)NC(CO)C(O)/C=C/CCCCCCCCCCCCCCCC. The molecule has 1 amide bonds. The molecule has 0 aliphatic heterocycles. The maximum Gasteiger partial charge on any atom is 0.305 e. The third kappa shape index (κ3) is 61.2. The van der Waals surface area contributed by atoms with Crippen LogP contribution in [0.3, 0.4) is 0 Å². The number of carbonyl (C=O) groups is 2. The van der Waals surface area contributed by atoms with Crippen molar-refractivity contribution in [3.05, 3.63) is 36.5 Å². The van der Waals surface area contributed by atoms with Crippen molar-refractivity contribution >= 4 is 11.9 Å². The summed E-state index contributed by atoms with van der Waals surface area (Å²) >= 11 is 0. The molecule has 0 saturated carbocycles. The summed E-state index contributed by atoms with van der Waals surface area (Å²) in [5.74, 6) is -0.0592. The van der Waals surface area contributed by atoms with Crippen molar-refractivity contribution in [3.8, 4) is 0 Å². The zero-order chi connectivity index (χ0) is 54.3. The number of esters is 1. The fourth-order valence-corrected chi connectivity index (χ4v) is 10.4. The molecule has 442 valence electrons. The average molecular weight is 1050 g/mol. The third-order valence-electron chi connectivity index (χ3n) is 15.6. The van der Waals surface area contributed by atoms with Gasteiger partial charge in [0.2, 0.25) is 5.91 Å². The summed E-state index contributed by atoms with van der Waals surface area (Å²) in [6, 6.07) is -0.630. The van der Waals surface area contributed by atoms with E-state index in [9.17, 15) is 19.8 Å². The number of rotatable bonds is 63. The molecule has 0 aliphatic rings. The van der Waals surface area contributed by atoms with Crippen LogP contribution in [0.5, 0.6) is 0 Å². The van der Waals surface area contributed by atoms with Crippen molar-refractivity contribution < 1.29 is 24.5 Å². The monoisotopic (exact) mass is 1050 g/mol. The molecule has 0 aromatic carbocycles. The summed E-state index contributed by atoms with van der Waals surface area (Å²) in [5, 5.41) is 23.2.